The number of nitrogens with zero attached hydrogens (tertiary/aromatic N) is 3. The fourth-order valence-electron chi connectivity index (χ4n) is 5.91. The molecule has 0 spiro atoms. The molecular formula is C35H26F2N4O3. The highest BCUT2D eigenvalue weighted by Crippen LogP contribution is 2.54. The number of carbonyl (C=O) groups excluding carboxylic acids is 1. The van der Waals surface area contributed by atoms with Gasteiger partial charge in [0.25, 0.3) is 5.91 Å². The molecule has 4 heterocycles. The Hall–Kier alpha value is -5.31. The van der Waals surface area contributed by atoms with Crippen LogP contribution in [0.25, 0.3) is 44.7 Å². The second-order valence-electron chi connectivity index (χ2n) is 11.5. The zero-order valence-electron chi connectivity index (χ0n) is 23.4. The molecule has 3 aromatic carbocycles. The molecule has 218 valence electrons. The lowest BCUT2D eigenvalue weighted by Gasteiger charge is -2.34. The fraction of sp³-hybridized carbons (Fsp3) is 0.171. The van der Waals surface area contributed by atoms with Gasteiger partial charge in [-0.3, -0.25) is 4.79 Å². The molecule has 3 aromatic heterocycles. The van der Waals surface area contributed by atoms with Gasteiger partial charge in [0.2, 0.25) is 0 Å². The number of carbonyl (C=O) groups is 1. The molecule has 2 N–H and O–H groups in total. The van der Waals surface area contributed by atoms with Gasteiger partial charge in [0.05, 0.1) is 13.1 Å². The van der Waals surface area contributed by atoms with Crippen LogP contribution in [0.3, 0.4) is 0 Å². The van der Waals surface area contributed by atoms with E-state index in [4.69, 9.17) is 19.6 Å². The van der Waals surface area contributed by atoms with Crippen LogP contribution in [0.15, 0.2) is 100 Å². The standard InChI is InChI=1S/C35H26F2N4O3/c36-25-8-5-20(6-9-25)28-12-23(19-1-3-21(4-2-19)35(42)41-16-26(37)17-41)11-24-13-31(44-33(24)28)30-18-43-34(40-30)29-14-27(29)22-7-10-32(38)39-15-22/h1-13,15,18,26-27,29H,14,16-17H2,(H2,38,39)/t27-,29-/m1/s1. The number of likely N-dealkylation sites (tertiary alicyclic amines) is 1. The number of hydrogen-bond acceptors (Lipinski definition) is 6. The number of benzene rings is 3. The monoisotopic (exact) mass is 588 g/mol. The van der Waals surface area contributed by atoms with E-state index < -0.39 is 6.17 Å². The number of furan rings is 1. The Kier molecular flexibility index (Phi) is 6.08. The third-order valence-electron chi connectivity index (χ3n) is 8.48. The molecule has 1 aliphatic carbocycles. The van der Waals surface area contributed by atoms with Gasteiger partial charge >= 0.3 is 0 Å². The Labute approximate surface area is 251 Å². The summed E-state index contributed by atoms with van der Waals surface area (Å²) in [5.74, 6) is 1.64. The molecule has 2 fully saturated rings. The van der Waals surface area contributed by atoms with Crippen molar-refractivity contribution in [3.8, 4) is 33.7 Å². The Morgan fingerprint density at radius 3 is 2.41 bits per heavy atom. The quantitative estimate of drug-likeness (QED) is 0.215. The first kappa shape index (κ1) is 26.3. The molecule has 1 aliphatic heterocycles. The van der Waals surface area contributed by atoms with E-state index in [2.05, 4.69) is 4.98 Å². The maximum absolute atomic E-state index is 13.8. The first-order chi connectivity index (χ1) is 21.4. The lowest BCUT2D eigenvalue weighted by Crippen LogP contribution is -2.51. The number of oxazole rings is 1. The SMILES string of the molecule is Nc1ccc([C@H]2C[C@H]2c2nc(-c3cc4cc(-c5ccc(C(=O)N6CC(F)C6)cc5)cc(-c5ccc(F)cc5)c4o3)co2)cn1. The van der Waals surface area contributed by atoms with Gasteiger partial charge in [-0.25, -0.2) is 18.7 Å². The predicted molar refractivity (Wildman–Crippen MR) is 162 cm³/mol. The zero-order valence-corrected chi connectivity index (χ0v) is 23.4. The van der Waals surface area contributed by atoms with E-state index in [-0.39, 0.29) is 36.6 Å². The largest absolute Gasteiger partial charge is 0.454 e. The van der Waals surface area contributed by atoms with Crippen LogP contribution in [0.4, 0.5) is 14.6 Å². The molecule has 0 unspecified atom stereocenters. The van der Waals surface area contributed by atoms with Crippen LogP contribution in [0.2, 0.25) is 0 Å². The van der Waals surface area contributed by atoms with Gasteiger partial charge in [-0.05, 0) is 83.1 Å². The molecule has 7 nitrogen and oxygen atoms in total. The molecule has 1 saturated carbocycles. The van der Waals surface area contributed by atoms with Crippen molar-refractivity contribution in [2.24, 2.45) is 0 Å². The summed E-state index contributed by atoms with van der Waals surface area (Å²) in [6, 6.07) is 23.3. The zero-order chi connectivity index (χ0) is 29.9. The summed E-state index contributed by atoms with van der Waals surface area (Å²) in [4.78, 5) is 23.1. The highest BCUT2D eigenvalue weighted by atomic mass is 19.1. The van der Waals surface area contributed by atoms with Crippen LogP contribution >= 0.6 is 0 Å². The summed E-state index contributed by atoms with van der Waals surface area (Å²) in [5.41, 5.74) is 12.0. The molecule has 1 saturated heterocycles. The number of fused-ring (bicyclic) bond motifs is 1. The summed E-state index contributed by atoms with van der Waals surface area (Å²) in [6.45, 7) is 0.269. The number of rotatable bonds is 6. The smallest absolute Gasteiger partial charge is 0.254 e. The van der Waals surface area contributed by atoms with Crippen LogP contribution in [0.5, 0.6) is 0 Å². The number of anilines is 1. The number of halogens is 2. The van der Waals surface area contributed by atoms with Crippen LogP contribution in [-0.4, -0.2) is 40.0 Å². The third kappa shape index (κ3) is 4.70. The lowest BCUT2D eigenvalue weighted by molar-refractivity contribution is 0.0400. The van der Waals surface area contributed by atoms with E-state index in [1.807, 2.05) is 36.4 Å². The van der Waals surface area contributed by atoms with Crippen molar-refractivity contribution in [2.45, 2.75) is 24.4 Å². The summed E-state index contributed by atoms with van der Waals surface area (Å²) >= 11 is 0. The number of nitrogen functional groups attached to an aromatic ring is 1. The van der Waals surface area contributed by atoms with Crippen molar-refractivity contribution in [1.29, 1.82) is 0 Å². The molecular weight excluding hydrogens is 562 g/mol. The fourth-order valence-corrected chi connectivity index (χ4v) is 5.91. The number of amides is 1. The molecule has 8 rings (SSSR count). The second-order valence-corrected chi connectivity index (χ2v) is 11.5. The Balaban J connectivity index is 1.13. The third-order valence-corrected chi connectivity index (χ3v) is 8.48. The van der Waals surface area contributed by atoms with E-state index in [1.165, 1.54) is 17.0 Å². The van der Waals surface area contributed by atoms with Crippen molar-refractivity contribution in [2.75, 3.05) is 18.8 Å². The van der Waals surface area contributed by atoms with Gasteiger partial charge in [-0.15, -0.1) is 0 Å². The van der Waals surface area contributed by atoms with Crippen molar-refractivity contribution < 1.29 is 22.4 Å². The summed E-state index contributed by atoms with van der Waals surface area (Å²) in [7, 11) is 0. The molecule has 2 atom stereocenters. The van der Waals surface area contributed by atoms with Crippen LogP contribution in [0.1, 0.15) is 40.1 Å². The topological polar surface area (TPSA) is 98.4 Å². The minimum atomic E-state index is -0.948. The predicted octanol–water partition coefficient (Wildman–Crippen LogP) is 7.60. The first-order valence-electron chi connectivity index (χ1n) is 14.4. The van der Waals surface area contributed by atoms with Crippen molar-refractivity contribution in [3.63, 3.8) is 0 Å². The summed E-state index contributed by atoms with van der Waals surface area (Å²) in [5, 5.41) is 0.841. The molecule has 6 aromatic rings. The number of hydrogen-bond donors (Lipinski definition) is 1. The number of nitrogens with two attached hydrogens (primary N) is 1. The summed E-state index contributed by atoms with van der Waals surface area (Å²) in [6.07, 6.45) is 3.39. The van der Waals surface area contributed by atoms with E-state index in [9.17, 15) is 13.6 Å². The Bertz CT molecular complexity index is 2010. The van der Waals surface area contributed by atoms with Gasteiger partial charge in [-0.1, -0.05) is 30.3 Å². The highest BCUT2D eigenvalue weighted by molar-refractivity contribution is 5.99. The Morgan fingerprint density at radius 1 is 0.909 bits per heavy atom. The van der Waals surface area contributed by atoms with Gasteiger partial charge in [0, 0.05) is 28.6 Å². The minimum absolute atomic E-state index is 0.134. The van der Waals surface area contributed by atoms with Crippen molar-refractivity contribution in [1.82, 2.24) is 14.9 Å². The molecule has 1 amide bonds. The normalized spacial score (nSPS) is 18.0. The molecule has 44 heavy (non-hydrogen) atoms. The van der Waals surface area contributed by atoms with Crippen molar-refractivity contribution in [3.05, 3.63) is 114 Å². The molecule has 2 aliphatic rings. The molecule has 9 heteroatoms. The van der Waals surface area contributed by atoms with Gasteiger partial charge in [0.15, 0.2) is 11.7 Å². The van der Waals surface area contributed by atoms with E-state index in [0.29, 0.717) is 34.3 Å². The van der Waals surface area contributed by atoms with Gasteiger partial charge < -0.3 is 19.5 Å². The average molecular weight is 589 g/mol. The first-order valence-corrected chi connectivity index (χ1v) is 14.4. The van der Waals surface area contributed by atoms with Gasteiger partial charge in [0.1, 0.15) is 35.3 Å². The van der Waals surface area contributed by atoms with E-state index in [1.54, 1.807) is 42.8 Å². The number of aromatic nitrogens is 2. The average Bonchev–Trinajstić information content (AvgIpc) is 3.45. The molecule has 0 radical (unpaired) electrons. The maximum Gasteiger partial charge on any atom is 0.254 e. The number of alkyl halides is 1. The highest BCUT2D eigenvalue weighted by Gasteiger charge is 2.43. The van der Waals surface area contributed by atoms with Crippen LogP contribution in [0, 0.1) is 5.82 Å². The van der Waals surface area contributed by atoms with E-state index >= 15 is 0 Å². The second kappa shape index (κ2) is 10.2. The van der Waals surface area contributed by atoms with Crippen LogP contribution in [-0.2, 0) is 0 Å². The minimum Gasteiger partial charge on any atom is -0.454 e. The Morgan fingerprint density at radius 2 is 1.68 bits per heavy atom. The van der Waals surface area contributed by atoms with Crippen LogP contribution < -0.4 is 5.73 Å². The maximum atomic E-state index is 13.8. The number of pyridine rings is 1. The lowest BCUT2D eigenvalue weighted by atomic mass is 9.96. The van der Waals surface area contributed by atoms with Crippen molar-refractivity contribution >= 4 is 22.7 Å². The molecule has 0 bridgehead atoms. The van der Waals surface area contributed by atoms with Gasteiger partial charge in [-0.2, -0.15) is 0 Å². The summed E-state index contributed by atoms with van der Waals surface area (Å²) < 4.78 is 39.4. The van der Waals surface area contributed by atoms with E-state index in [0.717, 1.165) is 39.6 Å².